The van der Waals surface area contributed by atoms with Crippen molar-refractivity contribution in [3.63, 3.8) is 0 Å². The van der Waals surface area contributed by atoms with Gasteiger partial charge in [0.1, 0.15) is 17.1 Å². The van der Waals surface area contributed by atoms with E-state index in [0.29, 0.717) is 13.2 Å². The molecule has 4 N–H and O–H groups in total. The molecule has 31 heavy (non-hydrogen) atoms. The number of benzene rings is 2. The number of ether oxygens (including phenoxy) is 1. The Morgan fingerprint density at radius 3 is 2.94 bits per heavy atom. The molecule has 1 aromatic heterocycles. The lowest BCUT2D eigenvalue weighted by Gasteiger charge is -2.10. The van der Waals surface area contributed by atoms with Gasteiger partial charge < -0.3 is 25.7 Å². The molecular formula is C23H25N5O3. The summed E-state index contributed by atoms with van der Waals surface area (Å²) >= 11 is 0. The van der Waals surface area contributed by atoms with Gasteiger partial charge in [-0.1, -0.05) is 12.1 Å². The molecule has 8 nitrogen and oxygen atoms in total. The number of rotatable bonds is 4. The minimum absolute atomic E-state index is 0.000544. The average Bonchev–Trinajstić information content (AvgIpc) is 3.48. The second-order valence-corrected chi connectivity index (χ2v) is 8.15. The molecule has 0 unspecified atom stereocenters. The first kappa shape index (κ1) is 19.4. The summed E-state index contributed by atoms with van der Waals surface area (Å²) < 4.78 is 8.31. The van der Waals surface area contributed by atoms with Gasteiger partial charge in [0, 0.05) is 42.5 Å². The number of aryl methyl sites for hydroxylation is 1. The molecule has 0 saturated heterocycles. The lowest BCUT2D eigenvalue weighted by atomic mass is 10.1. The van der Waals surface area contributed by atoms with Crippen LogP contribution in [0.15, 0.2) is 30.3 Å². The summed E-state index contributed by atoms with van der Waals surface area (Å²) in [5.74, 6) is 2.61. The Labute approximate surface area is 179 Å². The Morgan fingerprint density at radius 1 is 1.29 bits per heavy atom. The summed E-state index contributed by atoms with van der Waals surface area (Å²) in [7, 11) is 0. The SMILES string of the molecule is NC=O.O=C1NCc2ccc(-c3nc4cc(NCC5CC5)cc5c4n3CCCO5)cc21. The van der Waals surface area contributed by atoms with Crippen molar-refractivity contribution in [2.45, 2.75) is 32.4 Å². The third-order valence-electron chi connectivity index (χ3n) is 5.93. The monoisotopic (exact) mass is 419 g/mol. The largest absolute Gasteiger partial charge is 0.491 e. The van der Waals surface area contributed by atoms with Gasteiger partial charge in [-0.05, 0) is 42.9 Å². The summed E-state index contributed by atoms with van der Waals surface area (Å²) in [5.41, 5.74) is 10.0. The van der Waals surface area contributed by atoms with Gasteiger partial charge >= 0.3 is 0 Å². The quantitative estimate of drug-likeness (QED) is 0.563. The fourth-order valence-corrected chi connectivity index (χ4v) is 4.22. The zero-order valence-corrected chi connectivity index (χ0v) is 17.2. The molecule has 1 fully saturated rings. The van der Waals surface area contributed by atoms with Gasteiger partial charge in [0.15, 0.2) is 0 Å². The maximum Gasteiger partial charge on any atom is 0.251 e. The highest BCUT2D eigenvalue weighted by atomic mass is 16.5. The van der Waals surface area contributed by atoms with Crippen LogP contribution < -0.4 is 21.1 Å². The highest BCUT2D eigenvalue weighted by Crippen LogP contribution is 2.37. The molecule has 0 spiro atoms. The van der Waals surface area contributed by atoms with E-state index in [1.165, 1.54) is 12.8 Å². The molecular weight excluding hydrogens is 394 g/mol. The molecule has 3 aliphatic rings. The number of nitrogens with one attached hydrogen (secondary N) is 2. The molecule has 160 valence electrons. The minimum atomic E-state index is -0.000544. The number of anilines is 1. The highest BCUT2D eigenvalue weighted by molar-refractivity contribution is 5.99. The maximum atomic E-state index is 12.1. The van der Waals surface area contributed by atoms with E-state index in [4.69, 9.17) is 14.5 Å². The zero-order valence-electron chi connectivity index (χ0n) is 17.2. The van der Waals surface area contributed by atoms with Crippen molar-refractivity contribution in [2.24, 2.45) is 11.7 Å². The van der Waals surface area contributed by atoms with Gasteiger partial charge in [-0.3, -0.25) is 9.59 Å². The summed E-state index contributed by atoms with van der Waals surface area (Å²) in [4.78, 5) is 25.7. The maximum absolute atomic E-state index is 12.1. The fraction of sp³-hybridized carbons (Fsp3) is 0.348. The summed E-state index contributed by atoms with van der Waals surface area (Å²) in [6.45, 7) is 3.18. The molecule has 0 bridgehead atoms. The Bertz CT molecular complexity index is 1170. The highest BCUT2D eigenvalue weighted by Gasteiger charge is 2.24. The van der Waals surface area contributed by atoms with Crippen molar-refractivity contribution in [3.8, 4) is 17.1 Å². The number of fused-ring (bicyclic) bond motifs is 1. The normalized spacial score (nSPS) is 16.5. The Kier molecular flexibility index (Phi) is 4.97. The molecule has 2 aromatic carbocycles. The van der Waals surface area contributed by atoms with Crippen LogP contribution in [0.5, 0.6) is 5.75 Å². The van der Waals surface area contributed by atoms with Gasteiger partial charge in [-0.25, -0.2) is 4.98 Å². The van der Waals surface area contributed by atoms with Crippen LogP contribution >= 0.6 is 0 Å². The van der Waals surface area contributed by atoms with E-state index in [9.17, 15) is 4.79 Å². The van der Waals surface area contributed by atoms with E-state index in [2.05, 4.69) is 39.1 Å². The van der Waals surface area contributed by atoms with Crippen LogP contribution in [0.4, 0.5) is 5.69 Å². The number of primary amides is 1. The van der Waals surface area contributed by atoms with E-state index >= 15 is 0 Å². The van der Waals surface area contributed by atoms with Gasteiger partial charge in [0.25, 0.3) is 5.91 Å². The van der Waals surface area contributed by atoms with Crippen LogP contribution in [0.25, 0.3) is 22.4 Å². The number of hydrogen-bond donors (Lipinski definition) is 3. The zero-order chi connectivity index (χ0) is 21.4. The van der Waals surface area contributed by atoms with Gasteiger partial charge in [0.2, 0.25) is 6.41 Å². The average molecular weight is 419 g/mol. The summed E-state index contributed by atoms with van der Waals surface area (Å²) in [5, 5.41) is 6.43. The molecule has 0 atom stereocenters. The van der Waals surface area contributed by atoms with Gasteiger partial charge in [-0.15, -0.1) is 0 Å². The van der Waals surface area contributed by atoms with E-state index in [1.54, 1.807) is 0 Å². The number of hydrogen-bond acceptors (Lipinski definition) is 5. The first-order chi connectivity index (χ1) is 15.2. The van der Waals surface area contributed by atoms with Crippen molar-refractivity contribution in [1.82, 2.24) is 14.9 Å². The van der Waals surface area contributed by atoms with E-state index in [0.717, 1.165) is 70.4 Å². The molecule has 1 saturated carbocycles. The first-order valence-corrected chi connectivity index (χ1v) is 10.7. The number of nitrogens with two attached hydrogens (primary N) is 1. The smallest absolute Gasteiger partial charge is 0.251 e. The molecule has 2 amide bonds. The predicted molar refractivity (Wildman–Crippen MR) is 118 cm³/mol. The lowest BCUT2D eigenvalue weighted by molar-refractivity contribution is -0.106. The Hall–Kier alpha value is -3.55. The molecule has 3 heterocycles. The molecule has 2 aliphatic heterocycles. The van der Waals surface area contributed by atoms with Gasteiger partial charge in [-0.2, -0.15) is 0 Å². The number of carbonyl (C=O) groups is 2. The minimum Gasteiger partial charge on any atom is -0.491 e. The van der Waals surface area contributed by atoms with Crippen molar-refractivity contribution in [3.05, 3.63) is 41.5 Å². The first-order valence-electron chi connectivity index (χ1n) is 10.7. The second kappa shape index (κ2) is 7.94. The third kappa shape index (κ3) is 3.69. The number of carbonyl (C=O) groups excluding carboxylic acids is 2. The topological polar surface area (TPSA) is 111 Å². The molecule has 3 aromatic rings. The molecule has 8 heteroatoms. The van der Waals surface area contributed by atoms with E-state index in [-0.39, 0.29) is 12.3 Å². The Balaban J connectivity index is 0.000000646. The molecule has 1 aliphatic carbocycles. The van der Waals surface area contributed by atoms with Gasteiger partial charge in [0.05, 0.1) is 12.1 Å². The summed E-state index contributed by atoms with van der Waals surface area (Å²) in [6.07, 6.45) is 3.83. The molecule has 0 radical (unpaired) electrons. The fourth-order valence-electron chi connectivity index (χ4n) is 4.22. The van der Waals surface area contributed by atoms with Crippen LogP contribution in [-0.4, -0.2) is 35.0 Å². The van der Waals surface area contributed by atoms with Crippen molar-refractivity contribution >= 4 is 29.0 Å². The number of aromatic nitrogens is 2. The standard InChI is InChI=1S/C22H22N4O2.CH3NO/c27-22-17-8-14(4-5-15(17)12-24-22)21-25-18-9-16(23-11-13-2-3-13)10-19-20(18)26(21)6-1-7-28-19;2-1-3/h4-5,8-10,13,23H,1-3,6-7,11-12H2,(H,24,27);1H,(H2,2,3). The Morgan fingerprint density at radius 2 is 2.13 bits per heavy atom. The molecule has 6 rings (SSSR count). The lowest BCUT2D eigenvalue weighted by Crippen LogP contribution is -2.12. The van der Waals surface area contributed by atoms with Crippen LogP contribution in [0.3, 0.4) is 0 Å². The van der Waals surface area contributed by atoms with E-state index in [1.807, 2.05) is 12.1 Å². The predicted octanol–water partition coefficient (Wildman–Crippen LogP) is 2.65. The third-order valence-corrected chi connectivity index (χ3v) is 5.93. The van der Waals surface area contributed by atoms with Crippen LogP contribution in [0.2, 0.25) is 0 Å². The van der Waals surface area contributed by atoms with Crippen molar-refractivity contribution in [1.29, 1.82) is 0 Å². The van der Waals surface area contributed by atoms with Crippen LogP contribution in [0, 0.1) is 5.92 Å². The number of nitrogens with zero attached hydrogens (tertiary/aromatic N) is 2. The van der Waals surface area contributed by atoms with Crippen LogP contribution in [0.1, 0.15) is 35.2 Å². The van der Waals surface area contributed by atoms with Crippen LogP contribution in [-0.2, 0) is 17.9 Å². The number of amides is 2. The van der Waals surface area contributed by atoms with Crippen molar-refractivity contribution in [2.75, 3.05) is 18.5 Å². The van der Waals surface area contributed by atoms with E-state index < -0.39 is 0 Å². The van der Waals surface area contributed by atoms with Crippen molar-refractivity contribution < 1.29 is 14.3 Å². The number of imidazole rings is 1. The summed E-state index contributed by atoms with van der Waals surface area (Å²) in [6, 6.07) is 10.3. The second-order valence-electron chi connectivity index (χ2n) is 8.15.